The van der Waals surface area contributed by atoms with Crippen molar-refractivity contribution in [1.29, 1.82) is 0 Å². The van der Waals surface area contributed by atoms with Gasteiger partial charge in [0.05, 0.1) is 0 Å². The van der Waals surface area contributed by atoms with Crippen LogP contribution < -0.4 is 5.32 Å². The fourth-order valence-electron chi connectivity index (χ4n) is 3.97. The Morgan fingerprint density at radius 3 is 2.59 bits per heavy atom. The second kappa shape index (κ2) is 9.23. The van der Waals surface area contributed by atoms with E-state index in [9.17, 15) is 9.59 Å². The molecule has 2 fully saturated rings. The van der Waals surface area contributed by atoms with Crippen LogP contribution in [0.1, 0.15) is 40.7 Å². The highest BCUT2D eigenvalue weighted by Crippen LogP contribution is 2.22. The summed E-state index contributed by atoms with van der Waals surface area (Å²) in [6, 6.07) is 17.5. The molecule has 2 atom stereocenters. The SMILES string of the molecule is O=C(OCc1ccccc1)[C@H]1C[C@H](CCc2cccc(C(=O)N3CCC3)c2)CN1. The van der Waals surface area contributed by atoms with Crippen molar-refractivity contribution in [2.45, 2.75) is 38.3 Å². The number of amides is 1. The normalized spacial score (nSPS) is 20.9. The average molecular weight is 392 g/mol. The number of nitrogens with zero attached hydrogens (tertiary/aromatic N) is 1. The molecule has 29 heavy (non-hydrogen) atoms. The van der Waals surface area contributed by atoms with Crippen LogP contribution in [-0.2, 0) is 22.6 Å². The highest BCUT2D eigenvalue weighted by molar-refractivity contribution is 5.94. The van der Waals surface area contributed by atoms with Crippen molar-refractivity contribution in [1.82, 2.24) is 10.2 Å². The molecule has 1 amide bonds. The van der Waals surface area contributed by atoms with E-state index in [2.05, 4.69) is 11.4 Å². The molecule has 5 heteroatoms. The van der Waals surface area contributed by atoms with E-state index in [4.69, 9.17) is 4.74 Å². The Kier molecular flexibility index (Phi) is 6.25. The monoisotopic (exact) mass is 392 g/mol. The summed E-state index contributed by atoms with van der Waals surface area (Å²) < 4.78 is 5.46. The zero-order chi connectivity index (χ0) is 20.1. The first-order chi connectivity index (χ1) is 14.2. The number of likely N-dealkylation sites (tertiary alicyclic amines) is 1. The van der Waals surface area contributed by atoms with E-state index in [0.29, 0.717) is 12.5 Å². The van der Waals surface area contributed by atoms with Gasteiger partial charge in [0.15, 0.2) is 0 Å². The Morgan fingerprint density at radius 2 is 1.83 bits per heavy atom. The van der Waals surface area contributed by atoms with Gasteiger partial charge < -0.3 is 15.0 Å². The molecule has 1 N–H and O–H groups in total. The van der Waals surface area contributed by atoms with Gasteiger partial charge in [0, 0.05) is 18.7 Å². The quantitative estimate of drug-likeness (QED) is 0.736. The van der Waals surface area contributed by atoms with E-state index < -0.39 is 0 Å². The predicted molar refractivity (Wildman–Crippen MR) is 111 cm³/mol. The first-order valence-electron chi connectivity index (χ1n) is 10.5. The largest absolute Gasteiger partial charge is 0.460 e. The third-order valence-electron chi connectivity index (χ3n) is 5.89. The summed E-state index contributed by atoms with van der Waals surface area (Å²) in [4.78, 5) is 26.6. The fraction of sp³-hybridized carbons (Fsp3) is 0.417. The van der Waals surface area contributed by atoms with Crippen LogP contribution in [0.5, 0.6) is 0 Å². The van der Waals surface area contributed by atoms with Gasteiger partial charge in [0.25, 0.3) is 5.91 Å². The van der Waals surface area contributed by atoms with E-state index in [1.165, 1.54) is 5.56 Å². The molecular formula is C24H28N2O3. The van der Waals surface area contributed by atoms with Gasteiger partial charge in [-0.05, 0) is 61.4 Å². The number of nitrogens with one attached hydrogen (secondary N) is 1. The van der Waals surface area contributed by atoms with Gasteiger partial charge in [-0.2, -0.15) is 0 Å². The summed E-state index contributed by atoms with van der Waals surface area (Å²) in [6.45, 7) is 2.90. The van der Waals surface area contributed by atoms with Crippen molar-refractivity contribution >= 4 is 11.9 Å². The molecule has 2 aromatic carbocycles. The number of ether oxygens (including phenoxy) is 1. The molecule has 0 bridgehead atoms. The van der Waals surface area contributed by atoms with E-state index in [1.54, 1.807) is 0 Å². The number of hydrogen-bond donors (Lipinski definition) is 1. The van der Waals surface area contributed by atoms with Gasteiger partial charge in [0.2, 0.25) is 0 Å². The third kappa shape index (κ3) is 5.04. The van der Waals surface area contributed by atoms with Crippen molar-refractivity contribution in [3.05, 3.63) is 71.3 Å². The van der Waals surface area contributed by atoms with E-state index >= 15 is 0 Å². The van der Waals surface area contributed by atoms with Crippen LogP contribution in [0, 0.1) is 5.92 Å². The number of carbonyl (C=O) groups excluding carboxylic acids is 2. The lowest BCUT2D eigenvalue weighted by molar-refractivity contribution is -0.147. The van der Waals surface area contributed by atoms with Crippen LogP contribution >= 0.6 is 0 Å². The smallest absolute Gasteiger partial charge is 0.323 e. The molecule has 5 nitrogen and oxygen atoms in total. The summed E-state index contributed by atoms with van der Waals surface area (Å²) in [5, 5.41) is 3.30. The van der Waals surface area contributed by atoms with E-state index in [-0.39, 0.29) is 17.9 Å². The molecule has 2 heterocycles. The lowest BCUT2D eigenvalue weighted by Gasteiger charge is -2.31. The number of carbonyl (C=O) groups is 2. The summed E-state index contributed by atoms with van der Waals surface area (Å²) in [5.74, 6) is 0.416. The average Bonchev–Trinajstić information content (AvgIpc) is 3.19. The molecule has 0 radical (unpaired) electrons. The summed E-state index contributed by atoms with van der Waals surface area (Å²) in [7, 11) is 0. The fourth-order valence-corrected chi connectivity index (χ4v) is 3.97. The minimum Gasteiger partial charge on any atom is -0.460 e. The van der Waals surface area contributed by atoms with Gasteiger partial charge >= 0.3 is 5.97 Å². The lowest BCUT2D eigenvalue weighted by Crippen LogP contribution is -2.42. The molecule has 2 aromatic rings. The van der Waals surface area contributed by atoms with Crippen LogP contribution in [-0.4, -0.2) is 42.5 Å². The molecule has 2 aliphatic rings. The standard InChI is InChI=1S/C24H28N2O3/c27-23(26-12-5-13-26)21-9-4-8-18(14-21)10-11-20-15-22(25-16-20)24(28)29-17-19-6-2-1-3-7-19/h1-4,6-9,14,20,22,25H,5,10-13,15-17H2/t20-,22+/m0/s1. The van der Waals surface area contributed by atoms with E-state index in [0.717, 1.165) is 56.4 Å². The minimum absolute atomic E-state index is 0.141. The van der Waals surface area contributed by atoms with Crippen LogP contribution in [0.3, 0.4) is 0 Å². The summed E-state index contributed by atoms with van der Waals surface area (Å²) >= 11 is 0. The maximum atomic E-state index is 12.4. The van der Waals surface area contributed by atoms with Crippen molar-refractivity contribution in [2.24, 2.45) is 5.92 Å². The van der Waals surface area contributed by atoms with Crippen molar-refractivity contribution in [3.8, 4) is 0 Å². The Morgan fingerprint density at radius 1 is 1.03 bits per heavy atom. The number of esters is 1. The Labute approximate surface area is 172 Å². The highest BCUT2D eigenvalue weighted by Gasteiger charge is 2.30. The first kappa shape index (κ1) is 19.6. The topological polar surface area (TPSA) is 58.6 Å². The summed E-state index contributed by atoms with van der Waals surface area (Å²) in [6.07, 6.45) is 3.82. The van der Waals surface area contributed by atoms with Crippen LogP contribution in [0.2, 0.25) is 0 Å². The van der Waals surface area contributed by atoms with Gasteiger partial charge in [-0.1, -0.05) is 42.5 Å². The molecule has 4 rings (SSSR count). The molecule has 2 saturated heterocycles. The molecule has 152 valence electrons. The zero-order valence-corrected chi connectivity index (χ0v) is 16.7. The van der Waals surface area contributed by atoms with Crippen molar-refractivity contribution in [3.63, 3.8) is 0 Å². The minimum atomic E-state index is -0.219. The Hall–Kier alpha value is -2.66. The first-order valence-corrected chi connectivity index (χ1v) is 10.5. The second-order valence-electron chi connectivity index (χ2n) is 8.04. The van der Waals surface area contributed by atoms with Crippen LogP contribution in [0.15, 0.2) is 54.6 Å². The Balaban J connectivity index is 1.23. The molecule has 0 unspecified atom stereocenters. The molecule has 2 aliphatic heterocycles. The number of rotatable bonds is 7. The second-order valence-corrected chi connectivity index (χ2v) is 8.04. The molecule has 0 aliphatic carbocycles. The lowest BCUT2D eigenvalue weighted by atomic mass is 9.96. The van der Waals surface area contributed by atoms with Gasteiger partial charge in [0.1, 0.15) is 12.6 Å². The van der Waals surface area contributed by atoms with E-state index in [1.807, 2.05) is 53.4 Å². The summed E-state index contributed by atoms with van der Waals surface area (Å²) in [5.41, 5.74) is 2.98. The van der Waals surface area contributed by atoms with Gasteiger partial charge in [-0.3, -0.25) is 9.59 Å². The molecular weight excluding hydrogens is 364 g/mol. The maximum Gasteiger partial charge on any atom is 0.323 e. The number of hydrogen-bond acceptors (Lipinski definition) is 4. The van der Waals surface area contributed by atoms with Crippen molar-refractivity contribution in [2.75, 3.05) is 19.6 Å². The van der Waals surface area contributed by atoms with Crippen molar-refractivity contribution < 1.29 is 14.3 Å². The number of benzene rings is 2. The highest BCUT2D eigenvalue weighted by atomic mass is 16.5. The maximum absolute atomic E-state index is 12.4. The Bertz CT molecular complexity index is 848. The van der Waals surface area contributed by atoms with Crippen LogP contribution in [0.25, 0.3) is 0 Å². The number of aryl methyl sites for hydroxylation is 1. The van der Waals surface area contributed by atoms with Crippen LogP contribution in [0.4, 0.5) is 0 Å². The molecule has 0 saturated carbocycles. The molecule has 0 aromatic heterocycles. The predicted octanol–water partition coefficient (Wildman–Crippen LogP) is 3.19. The zero-order valence-electron chi connectivity index (χ0n) is 16.7. The van der Waals surface area contributed by atoms with Gasteiger partial charge in [-0.15, -0.1) is 0 Å². The molecule has 0 spiro atoms. The third-order valence-corrected chi connectivity index (χ3v) is 5.89. The van der Waals surface area contributed by atoms with Gasteiger partial charge in [-0.25, -0.2) is 0 Å².